The lowest BCUT2D eigenvalue weighted by Crippen LogP contribution is -2.46. The Kier molecular flexibility index (Phi) is 77.0. The number of ether oxygens (including phenoxy) is 12. The minimum Gasteiger partial charge on any atom is -0.379 e. The summed E-state index contributed by atoms with van der Waals surface area (Å²) in [4.78, 5) is 26.9. The van der Waals surface area contributed by atoms with Crippen molar-refractivity contribution in [3.63, 3.8) is 0 Å². The zero-order valence-electron chi connectivity index (χ0n) is 89.7. The number of rotatable bonds is 38. The lowest BCUT2D eigenvalue weighted by molar-refractivity contribution is -0.126. The van der Waals surface area contributed by atoms with Crippen LogP contribution in [0.4, 0.5) is 0 Å². The summed E-state index contributed by atoms with van der Waals surface area (Å²) in [6.07, 6.45) is 39.8. The zero-order valence-corrected chi connectivity index (χ0v) is 89.7. The highest BCUT2D eigenvalue weighted by atomic mass is 16.5. The van der Waals surface area contributed by atoms with E-state index in [9.17, 15) is 4.79 Å². The van der Waals surface area contributed by atoms with Crippen LogP contribution in [0.15, 0.2) is 24.4 Å². The van der Waals surface area contributed by atoms with Crippen LogP contribution in [0.1, 0.15) is 347 Å². The highest BCUT2D eigenvalue weighted by molar-refractivity contribution is 5.78. The predicted octanol–water partition coefficient (Wildman–Crippen LogP) is 22.5. The first kappa shape index (κ1) is 125. The Morgan fingerprint density at radius 3 is 1.08 bits per heavy atom. The third-order valence-electron chi connectivity index (χ3n) is 24.1. The van der Waals surface area contributed by atoms with Gasteiger partial charge in [-0.15, -0.1) is 0 Å². The summed E-state index contributed by atoms with van der Waals surface area (Å²) < 4.78 is 66.3. The molecule has 20 nitrogen and oxygen atoms in total. The number of amides is 1. The molecular formula is C107H217N7O13. The van der Waals surface area contributed by atoms with Crippen molar-refractivity contribution in [1.29, 1.82) is 0 Å². The maximum Gasteiger partial charge on any atom is 0.222 e. The fourth-order valence-corrected chi connectivity index (χ4v) is 15.8. The van der Waals surface area contributed by atoms with E-state index in [1.165, 1.54) is 205 Å². The molecule has 0 spiro atoms. The van der Waals surface area contributed by atoms with E-state index < -0.39 is 0 Å². The molecule has 0 aromatic carbocycles. The van der Waals surface area contributed by atoms with Gasteiger partial charge in [0, 0.05) is 130 Å². The van der Waals surface area contributed by atoms with E-state index in [0.29, 0.717) is 104 Å². The van der Waals surface area contributed by atoms with Crippen molar-refractivity contribution in [2.45, 2.75) is 439 Å². The summed E-state index contributed by atoms with van der Waals surface area (Å²) in [5.74, 6) is 5.89. The van der Waals surface area contributed by atoms with Crippen LogP contribution >= 0.6 is 0 Å². The van der Waals surface area contributed by atoms with E-state index in [2.05, 4.69) is 237 Å². The molecule has 5 aliphatic carbocycles. The molecule has 20 heteroatoms. The van der Waals surface area contributed by atoms with Gasteiger partial charge in [0.2, 0.25) is 5.91 Å². The molecule has 6 heterocycles. The largest absolute Gasteiger partial charge is 0.379 e. The number of piperidine rings is 2. The molecule has 0 radical (unpaired) electrons. The zero-order chi connectivity index (χ0) is 95.6. The molecule has 6 saturated heterocycles. The standard InChI is InChI=1S/C10H19NO.C10H18O.2C10H20O.C9H17NO2.2C9H19NO.C9H21NO.2C8H17NO.C8H16O.C7H14O/c1-8(2)12-10-5-6-11(4)9(3)7-10;1-8(2)11-10-6-4-5-9(3)7-10;1-9(2)11-8-7-10-5-3-4-6-10;1-9(2)11-8-10-6-4-3-5-7-10;1-7(2)12-6-8-4-9(11)10(3)5-8;1-8(2)11-9-4-6-10(3)7-5-9;1-8(2)11-7-9-4-5-10(3)6-9;1-5-10(6-2)7-8-11-9(3)4;1-7(2)10-6-8-4-9(3)5-8;1-8(2)10-7-6-9-4-3-5-9;1-7(2)9-6-8-4-3-5-8;1-6(2)8-5-7-3-4-7/h8,10H,3,5-7H2,1-2,4H3;8,10H,3-7H2,1-2H3;2*9-10H,3-8H2,1-2H3;7-8H,4-6H2,1-3H3;2*8-9H,4-7H2,1-3H3;9H,5-8H2,1-4H3;7-8H,4-6H2,1-3H3;8H,3-7H2,1-2H3;7-8H,3-6H2,1-2H3;6-7H,3-5H2,1-2H3. The van der Waals surface area contributed by atoms with E-state index in [4.69, 9.17) is 56.8 Å². The van der Waals surface area contributed by atoms with Gasteiger partial charge in [-0.25, -0.2) is 0 Å². The van der Waals surface area contributed by atoms with Crippen LogP contribution in [0.5, 0.6) is 0 Å². The lowest BCUT2D eigenvalue weighted by atomic mass is 9.86. The van der Waals surface area contributed by atoms with Gasteiger partial charge in [-0.2, -0.15) is 0 Å². The molecule has 758 valence electrons. The van der Waals surface area contributed by atoms with Crippen LogP contribution in [0.3, 0.4) is 0 Å². The second-order valence-corrected chi connectivity index (χ2v) is 41.9. The van der Waals surface area contributed by atoms with Crippen LogP contribution in [-0.2, 0) is 61.6 Å². The number of nitrogens with zero attached hydrogens (tertiary/aromatic N) is 7. The second-order valence-electron chi connectivity index (χ2n) is 41.9. The summed E-state index contributed by atoms with van der Waals surface area (Å²) in [6.45, 7) is 87.0. The van der Waals surface area contributed by atoms with Gasteiger partial charge in [-0.05, 0) is 352 Å². The SMILES string of the molecule is C=C1CC(OC(C)C)CCN1C.C=C1CCCC(OC(C)C)C1.CC(C)OC1CCN(C)CC1.CC(C)OCC1CC(=O)N(C)C1.CC(C)OCC1CC1.CC(C)OCC1CCC1.CC(C)OCC1CCCCC1.CC(C)OCC1CCN(C)C1.CC(C)OCC1CN(C)C1.CC(C)OCCC1CCCC1.CC(C)OCCN1CCC1.CCN(CC)CCOC(C)C. The summed E-state index contributed by atoms with van der Waals surface area (Å²) in [7, 11) is 10.4. The van der Waals surface area contributed by atoms with Gasteiger partial charge in [0.05, 0.1) is 125 Å². The van der Waals surface area contributed by atoms with Crippen LogP contribution in [0.25, 0.3) is 0 Å². The summed E-state index contributed by atoms with van der Waals surface area (Å²) >= 11 is 0. The molecule has 127 heavy (non-hydrogen) atoms. The molecule has 1 amide bonds. The maximum absolute atomic E-state index is 11.1. The Morgan fingerprint density at radius 2 is 0.701 bits per heavy atom. The van der Waals surface area contributed by atoms with Crippen molar-refractivity contribution >= 4 is 5.91 Å². The van der Waals surface area contributed by atoms with Crippen LogP contribution < -0.4 is 0 Å². The summed E-state index contributed by atoms with van der Waals surface area (Å²) in [5, 5.41) is 0. The van der Waals surface area contributed by atoms with Gasteiger partial charge in [0.25, 0.3) is 0 Å². The highest BCUT2D eigenvalue weighted by Gasteiger charge is 2.29. The molecule has 6 aliphatic heterocycles. The maximum atomic E-state index is 11.1. The second kappa shape index (κ2) is 78.1. The van der Waals surface area contributed by atoms with Gasteiger partial charge in [-0.3, -0.25) is 4.79 Å². The van der Waals surface area contributed by atoms with E-state index >= 15 is 0 Å². The van der Waals surface area contributed by atoms with E-state index in [-0.39, 0.29) is 12.0 Å². The quantitative estimate of drug-likeness (QED) is 0.0539. The molecule has 4 atom stereocenters. The van der Waals surface area contributed by atoms with E-state index in [0.717, 1.165) is 147 Å². The number of carbonyl (C=O) groups is 1. The normalized spacial score (nSPS) is 21.7. The van der Waals surface area contributed by atoms with Gasteiger partial charge >= 0.3 is 0 Å². The third-order valence-corrected chi connectivity index (χ3v) is 24.1. The topological polar surface area (TPSA) is 151 Å². The first-order valence-corrected chi connectivity index (χ1v) is 52.4. The van der Waals surface area contributed by atoms with Crippen LogP contribution in [-0.4, -0.2) is 318 Å². The molecule has 0 aromatic rings. The fourth-order valence-electron chi connectivity index (χ4n) is 15.8. The molecule has 11 rings (SSSR count). The predicted molar refractivity (Wildman–Crippen MR) is 540 cm³/mol. The first-order chi connectivity index (χ1) is 60.1. The molecule has 0 bridgehead atoms. The van der Waals surface area contributed by atoms with Gasteiger partial charge in [0.1, 0.15) is 0 Å². The fraction of sp³-hybridized carbons (Fsp3) is 0.953. The minimum absolute atomic E-state index is 0.243. The Labute approximate surface area is 788 Å². The Balaban J connectivity index is 0.00000137. The molecule has 11 aliphatic rings. The number of hydrogen-bond donors (Lipinski definition) is 0. The number of hydrogen-bond acceptors (Lipinski definition) is 19. The molecule has 11 fully saturated rings. The van der Waals surface area contributed by atoms with Crippen molar-refractivity contribution in [2.24, 2.45) is 41.4 Å². The molecular weight excluding hydrogens is 1590 g/mol. The van der Waals surface area contributed by atoms with Crippen molar-refractivity contribution in [3.8, 4) is 0 Å². The average molecular weight is 1810 g/mol. The van der Waals surface area contributed by atoms with Crippen LogP contribution in [0, 0.1) is 41.4 Å². The lowest BCUT2D eigenvalue weighted by Gasteiger charge is -2.36. The molecule has 4 unspecified atom stereocenters. The average Bonchev–Trinajstić information content (AvgIpc) is 1.56. The summed E-state index contributed by atoms with van der Waals surface area (Å²) in [6, 6.07) is 0. The first-order valence-electron chi connectivity index (χ1n) is 52.4. The number of carbonyl (C=O) groups excluding carboxylic acids is 1. The van der Waals surface area contributed by atoms with Crippen molar-refractivity contribution in [2.75, 3.05) is 186 Å². The third kappa shape index (κ3) is 77.9. The highest BCUT2D eigenvalue weighted by Crippen LogP contribution is 2.31. The molecule has 0 N–H and O–H groups in total. The van der Waals surface area contributed by atoms with Gasteiger partial charge in [-0.1, -0.05) is 83.9 Å². The monoisotopic (exact) mass is 1810 g/mol. The molecule has 0 aromatic heterocycles. The number of likely N-dealkylation sites (N-methyl/N-ethyl adjacent to an activating group) is 1. The van der Waals surface area contributed by atoms with Crippen molar-refractivity contribution in [1.82, 2.24) is 34.3 Å². The Bertz CT molecular complexity index is 2440. The smallest absolute Gasteiger partial charge is 0.222 e. The van der Waals surface area contributed by atoms with Gasteiger partial charge < -0.3 is 91.1 Å². The van der Waals surface area contributed by atoms with E-state index in [1.807, 2.05) is 20.9 Å². The summed E-state index contributed by atoms with van der Waals surface area (Å²) in [5.41, 5.74) is 2.56. The van der Waals surface area contributed by atoms with E-state index in [1.54, 1.807) is 4.90 Å². The van der Waals surface area contributed by atoms with Crippen LogP contribution in [0.2, 0.25) is 0 Å². The van der Waals surface area contributed by atoms with Crippen molar-refractivity contribution < 1.29 is 61.6 Å². The number of likely N-dealkylation sites (tertiary alicyclic amines) is 6. The Morgan fingerprint density at radius 1 is 0.315 bits per heavy atom. The molecule has 5 saturated carbocycles. The van der Waals surface area contributed by atoms with Gasteiger partial charge in [0.15, 0.2) is 0 Å². The Hall–Kier alpha value is -1.93. The minimum atomic E-state index is 0.243. The van der Waals surface area contributed by atoms with Crippen molar-refractivity contribution in [3.05, 3.63) is 24.4 Å².